The van der Waals surface area contributed by atoms with E-state index in [4.69, 9.17) is 0 Å². The van der Waals surface area contributed by atoms with Crippen LogP contribution in [0.5, 0.6) is 0 Å². The molecule has 0 amide bonds. The lowest BCUT2D eigenvalue weighted by molar-refractivity contribution is -0.111. The molecular formula is C15H26N2O. The Balaban J connectivity index is 1.58. The van der Waals surface area contributed by atoms with Crippen LogP contribution in [0.15, 0.2) is 0 Å². The van der Waals surface area contributed by atoms with E-state index in [9.17, 15) is 5.11 Å². The first-order valence-corrected chi connectivity index (χ1v) is 7.99. The molecule has 0 aromatic heterocycles. The molecule has 0 aromatic rings. The fourth-order valence-corrected chi connectivity index (χ4v) is 5.34. The highest BCUT2D eigenvalue weighted by Crippen LogP contribution is 2.42. The number of hydrogen-bond acceptors (Lipinski definition) is 3. The highest BCUT2D eigenvalue weighted by molar-refractivity contribution is 5.02. The van der Waals surface area contributed by atoms with E-state index in [1.807, 2.05) is 0 Å². The molecule has 3 nitrogen and oxygen atoms in total. The van der Waals surface area contributed by atoms with Crippen LogP contribution >= 0.6 is 0 Å². The van der Waals surface area contributed by atoms with E-state index < -0.39 is 0 Å². The zero-order chi connectivity index (χ0) is 12.1. The standard InChI is InChI=1S/C15H26N2O/c18-14-5-3-7-17-9-11-8-12(15(14)17)10-16-6-2-1-4-13(11)16/h11-15,18H,1-10H2/t11-,12-,13+,14+,15+/m0/s1. The van der Waals surface area contributed by atoms with Gasteiger partial charge < -0.3 is 5.11 Å². The lowest BCUT2D eigenvalue weighted by Gasteiger charge is -2.58. The Hall–Kier alpha value is -0.120. The monoisotopic (exact) mass is 250 g/mol. The van der Waals surface area contributed by atoms with Crippen LogP contribution in [0.1, 0.15) is 38.5 Å². The van der Waals surface area contributed by atoms with Crippen LogP contribution in [-0.2, 0) is 0 Å². The lowest BCUT2D eigenvalue weighted by atomic mass is 9.70. The van der Waals surface area contributed by atoms with E-state index in [0.29, 0.717) is 6.04 Å². The summed E-state index contributed by atoms with van der Waals surface area (Å²) in [6, 6.07) is 1.35. The molecule has 18 heavy (non-hydrogen) atoms. The molecule has 4 fully saturated rings. The zero-order valence-corrected chi connectivity index (χ0v) is 11.3. The van der Waals surface area contributed by atoms with Crippen molar-refractivity contribution < 1.29 is 5.11 Å². The van der Waals surface area contributed by atoms with Crippen molar-refractivity contribution in [3.8, 4) is 0 Å². The van der Waals surface area contributed by atoms with Crippen LogP contribution < -0.4 is 0 Å². The molecule has 4 aliphatic rings. The maximum atomic E-state index is 10.4. The number of aliphatic hydroxyl groups is 1. The molecule has 0 saturated carbocycles. The first-order valence-electron chi connectivity index (χ1n) is 7.99. The average molecular weight is 250 g/mol. The minimum absolute atomic E-state index is 0.0500. The summed E-state index contributed by atoms with van der Waals surface area (Å²) < 4.78 is 0. The number of aliphatic hydroxyl groups excluding tert-OH is 1. The van der Waals surface area contributed by atoms with Crippen molar-refractivity contribution in [1.29, 1.82) is 0 Å². The van der Waals surface area contributed by atoms with Crippen LogP contribution in [0.3, 0.4) is 0 Å². The topological polar surface area (TPSA) is 26.7 Å². The lowest BCUT2D eigenvalue weighted by Crippen LogP contribution is -2.66. The molecule has 4 heterocycles. The summed E-state index contributed by atoms with van der Waals surface area (Å²) in [4.78, 5) is 5.40. The van der Waals surface area contributed by atoms with Crippen LogP contribution in [0.2, 0.25) is 0 Å². The smallest absolute Gasteiger partial charge is 0.0699 e. The predicted molar refractivity (Wildman–Crippen MR) is 71.4 cm³/mol. The average Bonchev–Trinajstić information content (AvgIpc) is 2.39. The van der Waals surface area contributed by atoms with Crippen LogP contribution in [0, 0.1) is 11.8 Å². The van der Waals surface area contributed by atoms with Crippen LogP contribution in [0.25, 0.3) is 0 Å². The van der Waals surface area contributed by atoms with Gasteiger partial charge in [0.2, 0.25) is 0 Å². The molecule has 4 saturated heterocycles. The Bertz CT molecular complexity index is 322. The van der Waals surface area contributed by atoms with Crippen molar-refractivity contribution in [2.75, 3.05) is 26.2 Å². The van der Waals surface area contributed by atoms with Crippen molar-refractivity contribution in [2.24, 2.45) is 11.8 Å². The van der Waals surface area contributed by atoms with E-state index in [0.717, 1.165) is 24.3 Å². The van der Waals surface area contributed by atoms with Gasteiger partial charge in [-0.15, -0.1) is 0 Å². The molecule has 3 heteroatoms. The molecule has 0 spiro atoms. The molecule has 0 unspecified atom stereocenters. The summed E-state index contributed by atoms with van der Waals surface area (Å²) in [5.74, 6) is 1.64. The van der Waals surface area contributed by atoms with Gasteiger partial charge in [-0.1, -0.05) is 6.42 Å². The number of hydrogen-bond donors (Lipinski definition) is 1. The second kappa shape index (κ2) is 4.46. The van der Waals surface area contributed by atoms with Gasteiger partial charge in [-0.05, 0) is 57.0 Å². The quantitative estimate of drug-likeness (QED) is 0.702. The Morgan fingerprint density at radius 1 is 0.833 bits per heavy atom. The molecule has 4 aliphatic heterocycles. The fourth-order valence-electron chi connectivity index (χ4n) is 5.34. The van der Waals surface area contributed by atoms with Gasteiger partial charge in [0.25, 0.3) is 0 Å². The maximum Gasteiger partial charge on any atom is 0.0699 e. The molecule has 1 N–H and O–H groups in total. The molecule has 102 valence electrons. The summed E-state index contributed by atoms with van der Waals surface area (Å²) in [6.07, 6.45) is 7.84. The number of nitrogens with zero attached hydrogens (tertiary/aromatic N) is 2. The molecular weight excluding hydrogens is 224 g/mol. The summed E-state index contributed by atoms with van der Waals surface area (Å²) in [6.45, 7) is 5.08. The third-order valence-corrected chi connectivity index (χ3v) is 6.00. The Morgan fingerprint density at radius 2 is 1.67 bits per heavy atom. The largest absolute Gasteiger partial charge is 0.391 e. The van der Waals surface area contributed by atoms with Gasteiger partial charge in [-0.2, -0.15) is 0 Å². The van der Waals surface area contributed by atoms with E-state index >= 15 is 0 Å². The first-order chi connectivity index (χ1) is 8.83. The summed E-state index contributed by atoms with van der Waals surface area (Å²) >= 11 is 0. The normalized spacial score (nSPS) is 49.5. The van der Waals surface area contributed by atoms with Crippen molar-refractivity contribution >= 4 is 0 Å². The maximum absolute atomic E-state index is 10.4. The third kappa shape index (κ3) is 1.75. The Morgan fingerprint density at radius 3 is 2.61 bits per heavy atom. The van der Waals surface area contributed by atoms with Crippen molar-refractivity contribution in [3.63, 3.8) is 0 Å². The molecule has 0 aliphatic carbocycles. The molecule has 2 bridgehead atoms. The molecule has 0 radical (unpaired) electrons. The van der Waals surface area contributed by atoms with Crippen LogP contribution in [-0.4, -0.2) is 59.3 Å². The number of fused-ring (bicyclic) bond motifs is 6. The van der Waals surface area contributed by atoms with Gasteiger partial charge >= 0.3 is 0 Å². The second-order valence-electron chi connectivity index (χ2n) is 7.01. The van der Waals surface area contributed by atoms with Gasteiger partial charge in [0.05, 0.1) is 6.10 Å². The second-order valence-corrected chi connectivity index (χ2v) is 7.01. The summed E-state index contributed by atoms with van der Waals surface area (Å²) in [5, 5.41) is 10.4. The predicted octanol–water partition coefficient (Wildman–Crippen LogP) is 1.32. The third-order valence-electron chi connectivity index (χ3n) is 6.00. The van der Waals surface area contributed by atoms with E-state index in [1.165, 1.54) is 58.3 Å². The molecule has 5 atom stereocenters. The van der Waals surface area contributed by atoms with Crippen molar-refractivity contribution in [2.45, 2.75) is 56.7 Å². The van der Waals surface area contributed by atoms with Gasteiger partial charge in [-0.25, -0.2) is 0 Å². The van der Waals surface area contributed by atoms with Gasteiger partial charge in [0.1, 0.15) is 0 Å². The first kappa shape index (κ1) is 11.7. The van der Waals surface area contributed by atoms with Crippen LogP contribution in [0.4, 0.5) is 0 Å². The molecule has 0 aromatic carbocycles. The van der Waals surface area contributed by atoms with E-state index in [1.54, 1.807) is 0 Å². The zero-order valence-electron chi connectivity index (χ0n) is 11.3. The minimum Gasteiger partial charge on any atom is -0.391 e. The van der Waals surface area contributed by atoms with E-state index in [-0.39, 0.29) is 6.10 Å². The van der Waals surface area contributed by atoms with Gasteiger partial charge in [0, 0.05) is 25.2 Å². The van der Waals surface area contributed by atoms with Gasteiger partial charge in [0.15, 0.2) is 0 Å². The Labute approximate surface area is 110 Å². The Kier molecular flexibility index (Phi) is 2.90. The highest BCUT2D eigenvalue weighted by atomic mass is 16.3. The van der Waals surface area contributed by atoms with Gasteiger partial charge in [-0.3, -0.25) is 9.80 Å². The number of piperidine rings is 4. The van der Waals surface area contributed by atoms with E-state index in [2.05, 4.69) is 9.80 Å². The van der Waals surface area contributed by atoms with Crippen molar-refractivity contribution in [3.05, 3.63) is 0 Å². The SMILES string of the molecule is O[C@@H]1CCCN2C[C@@H]3C[C@@H](CN4CCCC[C@H]34)[C@H]12. The highest BCUT2D eigenvalue weighted by Gasteiger charge is 2.48. The fraction of sp³-hybridized carbons (Fsp3) is 1.00. The summed E-state index contributed by atoms with van der Waals surface area (Å²) in [5.41, 5.74) is 0. The number of rotatable bonds is 0. The van der Waals surface area contributed by atoms with Crippen molar-refractivity contribution in [1.82, 2.24) is 9.80 Å². The summed E-state index contributed by atoms with van der Waals surface area (Å²) in [7, 11) is 0. The minimum atomic E-state index is -0.0500. The molecule has 4 rings (SSSR count).